The molecule has 0 spiro atoms. The van der Waals surface area contributed by atoms with E-state index in [4.69, 9.17) is 9.47 Å². The topological polar surface area (TPSA) is 129 Å². The van der Waals surface area contributed by atoms with Crippen LogP contribution in [0.4, 0.5) is 9.59 Å². The molecule has 0 aliphatic heterocycles. The smallest absolute Gasteiger partial charge is 0.407 e. The Hall–Kier alpha value is -3.04. The van der Waals surface area contributed by atoms with E-state index >= 15 is 0 Å². The second-order valence-electron chi connectivity index (χ2n) is 4.93. The number of unbranched alkanes of at least 4 members (excludes halogenated alkanes) is 2. The van der Waals surface area contributed by atoms with Gasteiger partial charge in [-0.3, -0.25) is 0 Å². The first kappa shape index (κ1) is 24.0. The zero-order chi connectivity index (χ0) is 20.3. The molecule has 152 valence electrons. The number of alkyl carbamates (subject to hydrolysis) is 2. The standard InChI is InChI=1S/C17H26N2O8/c1-3-14(20)24-12-8-18-16(22)26-10-6-5-7-11-27-17(23)19-9-13-25-15(21)4-2/h3-4H,1-2,5-13H2,(H,18,22)(H,19,23). The van der Waals surface area contributed by atoms with E-state index in [1.165, 1.54) is 0 Å². The highest BCUT2D eigenvalue weighted by atomic mass is 16.6. The number of esters is 2. The summed E-state index contributed by atoms with van der Waals surface area (Å²) in [6.07, 6.45) is 2.80. The summed E-state index contributed by atoms with van der Waals surface area (Å²) in [5, 5.41) is 4.85. The molecule has 0 aromatic rings. The molecule has 0 unspecified atom stereocenters. The van der Waals surface area contributed by atoms with Gasteiger partial charge in [-0.25, -0.2) is 19.2 Å². The molecule has 2 amide bonds. The van der Waals surface area contributed by atoms with Gasteiger partial charge in [0.05, 0.1) is 26.3 Å². The molecule has 27 heavy (non-hydrogen) atoms. The van der Waals surface area contributed by atoms with Crippen molar-refractivity contribution in [2.24, 2.45) is 0 Å². The van der Waals surface area contributed by atoms with E-state index in [0.29, 0.717) is 19.3 Å². The number of hydrogen-bond acceptors (Lipinski definition) is 8. The molecule has 0 fully saturated rings. The maximum absolute atomic E-state index is 11.3. The van der Waals surface area contributed by atoms with Crippen molar-refractivity contribution in [3.05, 3.63) is 25.3 Å². The molecule has 0 rings (SSSR count). The number of amides is 2. The summed E-state index contributed by atoms with van der Waals surface area (Å²) in [5.74, 6) is -1.12. The Morgan fingerprint density at radius 3 is 1.41 bits per heavy atom. The number of nitrogens with one attached hydrogen (secondary N) is 2. The summed E-state index contributed by atoms with van der Waals surface area (Å²) in [7, 11) is 0. The maximum Gasteiger partial charge on any atom is 0.407 e. The van der Waals surface area contributed by atoms with Crippen LogP contribution in [0.25, 0.3) is 0 Å². The lowest BCUT2D eigenvalue weighted by Crippen LogP contribution is -2.29. The summed E-state index contributed by atoms with van der Waals surface area (Å²) in [4.78, 5) is 44.1. The van der Waals surface area contributed by atoms with Crippen molar-refractivity contribution in [1.29, 1.82) is 0 Å². The average molecular weight is 386 g/mol. The number of ether oxygens (including phenoxy) is 4. The molecule has 0 aromatic heterocycles. The lowest BCUT2D eigenvalue weighted by molar-refractivity contribution is -0.138. The maximum atomic E-state index is 11.3. The summed E-state index contributed by atoms with van der Waals surface area (Å²) in [6.45, 7) is 7.30. The highest BCUT2D eigenvalue weighted by Gasteiger charge is 2.04. The molecule has 0 aromatic carbocycles. The fourth-order valence-corrected chi connectivity index (χ4v) is 1.54. The van der Waals surface area contributed by atoms with Gasteiger partial charge in [-0.2, -0.15) is 0 Å². The minimum absolute atomic E-state index is 0.0377. The van der Waals surface area contributed by atoms with Gasteiger partial charge in [-0.15, -0.1) is 0 Å². The van der Waals surface area contributed by atoms with Gasteiger partial charge >= 0.3 is 24.1 Å². The Morgan fingerprint density at radius 2 is 1.04 bits per heavy atom. The predicted molar refractivity (Wildman–Crippen MR) is 94.9 cm³/mol. The molecule has 0 radical (unpaired) electrons. The second kappa shape index (κ2) is 16.4. The van der Waals surface area contributed by atoms with Gasteiger partial charge in [-0.1, -0.05) is 13.2 Å². The first-order valence-electron chi connectivity index (χ1n) is 8.39. The average Bonchev–Trinajstić information content (AvgIpc) is 2.67. The molecular formula is C17H26N2O8. The van der Waals surface area contributed by atoms with Crippen LogP contribution in [0.2, 0.25) is 0 Å². The van der Waals surface area contributed by atoms with Crippen molar-refractivity contribution < 1.29 is 38.1 Å². The summed E-state index contributed by atoms with van der Waals surface area (Å²) in [6, 6.07) is 0. The van der Waals surface area contributed by atoms with Gasteiger partial charge in [0.15, 0.2) is 0 Å². The largest absolute Gasteiger partial charge is 0.461 e. The van der Waals surface area contributed by atoms with Crippen LogP contribution in [-0.4, -0.2) is 63.6 Å². The number of rotatable bonds is 14. The Morgan fingerprint density at radius 1 is 0.630 bits per heavy atom. The molecule has 0 heterocycles. The van der Waals surface area contributed by atoms with Gasteiger partial charge in [0.2, 0.25) is 0 Å². The van der Waals surface area contributed by atoms with E-state index in [-0.39, 0.29) is 39.5 Å². The summed E-state index contributed by atoms with van der Waals surface area (Å²) in [5.41, 5.74) is 0. The van der Waals surface area contributed by atoms with Crippen LogP contribution in [0.5, 0.6) is 0 Å². The minimum atomic E-state index is -0.600. The van der Waals surface area contributed by atoms with Gasteiger partial charge in [0.25, 0.3) is 0 Å². The Labute approximate surface area is 157 Å². The number of carbonyl (C=O) groups is 4. The molecular weight excluding hydrogens is 360 g/mol. The van der Waals surface area contributed by atoms with Crippen LogP contribution in [0, 0.1) is 0 Å². The van der Waals surface area contributed by atoms with Crippen molar-refractivity contribution in [3.8, 4) is 0 Å². The monoisotopic (exact) mass is 386 g/mol. The highest BCUT2D eigenvalue weighted by Crippen LogP contribution is 1.97. The van der Waals surface area contributed by atoms with Crippen molar-refractivity contribution in [2.75, 3.05) is 39.5 Å². The Kier molecular flexibility index (Phi) is 14.6. The first-order chi connectivity index (χ1) is 13.0. The van der Waals surface area contributed by atoms with Gasteiger partial charge in [0, 0.05) is 12.2 Å². The fourth-order valence-electron chi connectivity index (χ4n) is 1.54. The van der Waals surface area contributed by atoms with E-state index in [2.05, 4.69) is 33.3 Å². The molecule has 2 N–H and O–H groups in total. The molecule has 0 bridgehead atoms. The lowest BCUT2D eigenvalue weighted by atomic mass is 10.2. The molecule has 0 aliphatic carbocycles. The van der Waals surface area contributed by atoms with E-state index < -0.39 is 24.1 Å². The number of carbonyl (C=O) groups excluding carboxylic acids is 4. The summed E-state index contributed by atoms with van der Waals surface area (Å²) >= 11 is 0. The van der Waals surface area contributed by atoms with Crippen molar-refractivity contribution in [2.45, 2.75) is 19.3 Å². The molecule has 0 saturated carbocycles. The van der Waals surface area contributed by atoms with Gasteiger partial charge in [0.1, 0.15) is 13.2 Å². The molecule has 0 atom stereocenters. The molecule has 0 saturated heterocycles. The van der Waals surface area contributed by atoms with E-state index in [1.807, 2.05) is 0 Å². The van der Waals surface area contributed by atoms with Crippen LogP contribution in [0.1, 0.15) is 19.3 Å². The van der Waals surface area contributed by atoms with Gasteiger partial charge in [-0.05, 0) is 19.3 Å². The third kappa shape index (κ3) is 16.2. The van der Waals surface area contributed by atoms with Crippen LogP contribution in [0.3, 0.4) is 0 Å². The van der Waals surface area contributed by atoms with Crippen LogP contribution >= 0.6 is 0 Å². The van der Waals surface area contributed by atoms with E-state index in [0.717, 1.165) is 12.2 Å². The third-order valence-electron chi connectivity index (χ3n) is 2.82. The Bertz CT molecular complexity index is 463. The Balaban J connectivity index is 3.40. The van der Waals surface area contributed by atoms with Crippen molar-refractivity contribution >= 4 is 24.1 Å². The van der Waals surface area contributed by atoms with Gasteiger partial charge < -0.3 is 29.6 Å². The van der Waals surface area contributed by atoms with Crippen LogP contribution in [0.15, 0.2) is 25.3 Å². The molecule has 10 heteroatoms. The minimum Gasteiger partial charge on any atom is -0.461 e. The molecule has 0 aliphatic rings. The number of hydrogen-bond donors (Lipinski definition) is 2. The quantitative estimate of drug-likeness (QED) is 0.196. The normalized spacial score (nSPS) is 9.48. The highest BCUT2D eigenvalue weighted by molar-refractivity contribution is 5.81. The first-order valence-corrected chi connectivity index (χ1v) is 8.39. The fraction of sp³-hybridized carbons (Fsp3) is 0.529. The second-order valence-corrected chi connectivity index (χ2v) is 4.93. The van der Waals surface area contributed by atoms with Crippen molar-refractivity contribution in [3.63, 3.8) is 0 Å². The summed E-state index contributed by atoms with van der Waals surface area (Å²) < 4.78 is 19.2. The molecule has 10 nitrogen and oxygen atoms in total. The lowest BCUT2D eigenvalue weighted by Gasteiger charge is -2.08. The van der Waals surface area contributed by atoms with E-state index in [9.17, 15) is 19.2 Å². The zero-order valence-corrected chi connectivity index (χ0v) is 15.2. The van der Waals surface area contributed by atoms with Crippen molar-refractivity contribution in [1.82, 2.24) is 10.6 Å². The predicted octanol–water partition coefficient (Wildman–Crippen LogP) is 1.07. The third-order valence-corrected chi connectivity index (χ3v) is 2.82. The zero-order valence-electron chi connectivity index (χ0n) is 15.2. The SMILES string of the molecule is C=CC(=O)OCCNC(=O)OCCCCCOC(=O)NCCOC(=O)C=C. The van der Waals surface area contributed by atoms with E-state index in [1.54, 1.807) is 0 Å². The van der Waals surface area contributed by atoms with Crippen LogP contribution < -0.4 is 10.6 Å². The van der Waals surface area contributed by atoms with Crippen LogP contribution in [-0.2, 0) is 28.5 Å².